The van der Waals surface area contributed by atoms with Crippen LogP contribution >= 0.6 is 0 Å². The van der Waals surface area contributed by atoms with Crippen molar-refractivity contribution in [3.05, 3.63) is 0 Å². The maximum atomic E-state index is 13.0. The van der Waals surface area contributed by atoms with Gasteiger partial charge in [0.25, 0.3) is 5.79 Å². The van der Waals surface area contributed by atoms with Crippen LogP contribution in [0.4, 0.5) is 0 Å². The van der Waals surface area contributed by atoms with Crippen LogP contribution in [0.3, 0.4) is 0 Å². The van der Waals surface area contributed by atoms with Crippen LogP contribution in [-0.2, 0) is 61.8 Å². The van der Waals surface area contributed by atoms with E-state index in [1.54, 1.807) is 0 Å². The van der Waals surface area contributed by atoms with Gasteiger partial charge in [0, 0.05) is 26.4 Å². The molecule has 0 radical (unpaired) electrons. The molecule has 27 nitrogen and oxygen atoms in total. The highest BCUT2D eigenvalue weighted by molar-refractivity contribution is 5.76. The lowest BCUT2D eigenvalue weighted by Crippen LogP contribution is -2.71. The average Bonchev–Trinajstić information content (AvgIpc) is 3.29. The van der Waals surface area contributed by atoms with Crippen LogP contribution in [-0.4, -0.2) is 248 Å². The van der Waals surface area contributed by atoms with Gasteiger partial charge in [0.2, 0.25) is 12.3 Å². The minimum absolute atomic E-state index is 0.0168. The number of nitrogens with one attached hydrogen (secondary N) is 2. The quantitative estimate of drug-likeness (QED) is 0.0230. The van der Waals surface area contributed by atoms with Gasteiger partial charge in [0.05, 0.1) is 45.7 Å². The lowest BCUT2D eigenvalue weighted by atomic mass is 9.88. The molecule has 0 spiro atoms. The monoisotopic (exact) mass is 962 g/mol. The first kappa shape index (κ1) is 55.7. The fourth-order valence-corrected chi connectivity index (χ4v) is 8.14. The molecule has 4 saturated heterocycles. The predicted octanol–water partition coefficient (Wildman–Crippen LogP) is -7.08. The molecule has 0 aromatic heterocycles. The lowest BCUT2D eigenvalue weighted by molar-refractivity contribution is -0.388. The number of hydrogen-bond acceptors (Lipinski definition) is 24. The van der Waals surface area contributed by atoms with Crippen molar-refractivity contribution < 1.29 is 123 Å². The van der Waals surface area contributed by atoms with Gasteiger partial charge >= 0.3 is 11.9 Å². The molecule has 0 bridgehead atoms. The van der Waals surface area contributed by atoms with E-state index in [-0.39, 0.29) is 19.0 Å². The van der Waals surface area contributed by atoms with Crippen molar-refractivity contribution >= 4 is 24.3 Å². The Balaban J connectivity index is 1.65. The van der Waals surface area contributed by atoms with Crippen LogP contribution in [0, 0.1) is 0 Å². The minimum Gasteiger partial charge on any atom is -0.477 e. The number of amides is 2. The summed E-state index contributed by atoms with van der Waals surface area (Å²) < 4.78 is 51.5. The molecule has 20 atom stereocenters. The van der Waals surface area contributed by atoms with E-state index in [0.717, 1.165) is 26.2 Å². The molecule has 4 aliphatic rings. The number of carbonyl (C=O) groups excluding carboxylic acids is 3. The van der Waals surface area contributed by atoms with Crippen LogP contribution in [0.2, 0.25) is 0 Å². The summed E-state index contributed by atoms with van der Waals surface area (Å²) in [7, 11) is 1.31. The first-order valence-corrected chi connectivity index (χ1v) is 21.6. The molecule has 14 N–H and O–H groups in total. The van der Waals surface area contributed by atoms with Crippen LogP contribution in [0.15, 0.2) is 0 Å². The van der Waals surface area contributed by atoms with Gasteiger partial charge in [-0.25, -0.2) is 4.79 Å². The average molecular weight is 963 g/mol. The van der Waals surface area contributed by atoms with Gasteiger partial charge in [0.1, 0.15) is 85.4 Å². The Labute approximate surface area is 378 Å². The SMILES string of the molecule is COC(=O)CCCCCCCCO[C@@H]1OC(CO)[C@H](OC2OC[C@@H](O)C(O)C2O)C(OC2OC(CO)[C@@H](O)C(O[C@]3(C(=O)O)CC(O)[C@@H](NC(C)=O)C(C(O)C(O)CO)O3)C2O)C1NC=O. The highest BCUT2D eigenvalue weighted by Crippen LogP contribution is 2.39. The van der Waals surface area contributed by atoms with E-state index in [4.69, 9.17) is 37.9 Å². The van der Waals surface area contributed by atoms with E-state index >= 15 is 0 Å². The molecular formula is C39H66N2O25. The van der Waals surface area contributed by atoms with Gasteiger partial charge in [-0.05, 0) is 12.8 Å². The molecule has 14 unspecified atom stereocenters. The van der Waals surface area contributed by atoms with Gasteiger partial charge in [-0.1, -0.05) is 25.7 Å². The summed E-state index contributed by atoms with van der Waals surface area (Å²) in [5, 5.41) is 132. The molecule has 4 heterocycles. The number of rotatable bonds is 25. The first-order valence-electron chi connectivity index (χ1n) is 21.6. The van der Waals surface area contributed by atoms with Crippen LogP contribution in [0.25, 0.3) is 0 Å². The molecule has 66 heavy (non-hydrogen) atoms. The number of methoxy groups -OCH3 is 1. The van der Waals surface area contributed by atoms with Gasteiger partial charge in [-0.3, -0.25) is 14.4 Å². The summed E-state index contributed by atoms with van der Waals surface area (Å²) in [6.07, 6.45) is -28.4. The minimum atomic E-state index is -3.13. The van der Waals surface area contributed by atoms with E-state index in [1.807, 2.05) is 0 Å². The maximum absolute atomic E-state index is 13.0. The summed E-state index contributed by atoms with van der Waals surface area (Å²) in [5.74, 6) is -6.23. The Morgan fingerprint density at radius 3 is 2.02 bits per heavy atom. The predicted molar refractivity (Wildman–Crippen MR) is 212 cm³/mol. The standard InChI is InChI=1S/C39H66N2O25/c1-17(46)41-24-18(47)11-39(38(56)57,65-32(24)27(52)19(48)12-42)66-34-28(53)21(13-43)61-37(30(34)55)64-33-25(40-16-45)35(59-10-8-6-4-3-5-7-9-23(50)58-2)62-22(14-44)31(33)63-36-29(54)26(51)20(49)15-60-36/h16,18-22,24-37,42-44,47-49,51-55H,3-15H2,1-2H3,(H,40,45)(H,41,46)(H,56,57)/t18?,19?,20-,21?,22?,24-,25?,26?,27?,28-,29?,30?,31+,32?,33?,34?,35-,36?,37?,39+/m1/s1. The highest BCUT2D eigenvalue weighted by Gasteiger charge is 2.60. The van der Waals surface area contributed by atoms with Crippen molar-refractivity contribution in [2.75, 3.05) is 40.1 Å². The molecule has 4 aliphatic heterocycles. The number of aliphatic hydroxyl groups is 11. The van der Waals surface area contributed by atoms with E-state index in [0.29, 0.717) is 25.7 Å². The summed E-state index contributed by atoms with van der Waals surface area (Å²) in [6, 6.07) is -3.07. The second kappa shape index (κ2) is 26.2. The number of ether oxygens (including phenoxy) is 9. The van der Waals surface area contributed by atoms with Crippen molar-refractivity contribution in [2.45, 2.75) is 180 Å². The number of carbonyl (C=O) groups is 4. The zero-order valence-electron chi connectivity index (χ0n) is 36.4. The number of unbranched alkanes of at least 4 members (excludes halogenated alkanes) is 5. The van der Waals surface area contributed by atoms with Crippen molar-refractivity contribution in [2.24, 2.45) is 0 Å². The number of aliphatic carboxylic acids is 1. The van der Waals surface area contributed by atoms with Crippen molar-refractivity contribution in [1.29, 1.82) is 0 Å². The molecule has 4 fully saturated rings. The van der Waals surface area contributed by atoms with Crippen molar-refractivity contribution in [3.8, 4) is 0 Å². The third-order valence-corrected chi connectivity index (χ3v) is 11.7. The lowest BCUT2D eigenvalue weighted by Gasteiger charge is -2.51. The summed E-state index contributed by atoms with van der Waals surface area (Å²) in [4.78, 5) is 48.6. The molecule has 4 rings (SSSR count). The second-order valence-electron chi connectivity index (χ2n) is 16.5. The summed E-state index contributed by atoms with van der Waals surface area (Å²) in [5.41, 5.74) is 0. The second-order valence-corrected chi connectivity index (χ2v) is 16.5. The Morgan fingerprint density at radius 2 is 1.41 bits per heavy atom. The van der Waals surface area contributed by atoms with E-state index in [9.17, 15) is 80.5 Å². The normalized spacial score (nSPS) is 39.3. The van der Waals surface area contributed by atoms with Crippen molar-refractivity contribution in [1.82, 2.24) is 10.6 Å². The smallest absolute Gasteiger partial charge is 0.364 e. The zero-order chi connectivity index (χ0) is 48.9. The van der Waals surface area contributed by atoms with Gasteiger partial charge in [-0.15, -0.1) is 0 Å². The van der Waals surface area contributed by atoms with Crippen LogP contribution in [0.1, 0.15) is 58.3 Å². The Morgan fingerprint density at radius 1 is 0.773 bits per heavy atom. The fourth-order valence-electron chi connectivity index (χ4n) is 8.14. The number of aliphatic hydroxyl groups excluding tert-OH is 11. The zero-order valence-corrected chi connectivity index (χ0v) is 36.4. The van der Waals surface area contributed by atoms with Crippen LogP contribution < -0.4 is 10.6 Å². The Hall–Kier alpha value is -2.88. The number of carboxylic acids is 1. The van der Waals surface area contributed by atoms with Gasteiger partial charge in [0.15, 0.2) is 18.9 Å². The number of esters is 1. The molecule has 0 aliphatic carbocycles. The van der Waals surface area contributed by atoms with E-state index in [2.05, 4.69) is 15.4 Å². The Kier molecular flexibility index (Phi) is 22.1. The van der Waals surface area contributed by atoms with Crippen LogP contribution in [0.5, 0.6) is 0 Å². The number of hydrogen-bond donors (Lipinski definition) is 14. The topological polar surface area (TPSA) is 418 Å². The molecular weight excluding hydrogens is 896 g/mol. The largest absolute Gasteiger partial charge is 0.477 e. The molecule has 0 aromatic rings. The molecule has 2 amide bonds. The number of carboxylic acid groups (broad SMARTS) is 1. The third kappa shape index (κ3) is 13.9. The molecule has 0 saturated carbocycles. The molecule has 27 heteroatoms. The first-order chi connectivity index (χ1) is 31.4. The maximum Gasteiger partial charge on any atom is 0.364 e. The Bertz CT molecular complexity index is 1520. The molecule has 0 aromatic carbocycles. The summed E-state index contributed by atoms with van der Waals surface area (Å²) >= 11 is 0. The van der Waals surface area contributed by atoms with Gasteiger partial charge < -0.3 is 115 Å². The van der Waals surface area contributed by atoms with E-state index < -0.39 is 167 Å². The third-order valence-electron chi connectivity index (χ3n) is 11.7. The fraction of sp³-hybridized carbons (Fsp3) is 0.897. The van der Waals surface area contributed by atoms with Crippen molar-refractivity contribution in [3.63, 3.8) is 0 Å². The highest BCUT2D eigenvalue weighted by atomic mass is 16.8. The summed E-state index contributed by atoms with van der Waals surface area (Å²) in [6.45, 7) is -2.50. The van der Waals surface area contributed by atoms with Gasteiger partial charge in [-0.2, -0.15) is 0 Å². The van der Waals surface area contributed by atoms with E-state index in [1.165, 1.54) is 7.11 Å². The molecule has 382 valence electrons.